The van der Waals surface area contributed by atoms with Crippen molar-refractivity contribution in [3.63, 3.8) is 0 Å². The van der Waals surface area contributed by atoms with Gasteiger partial charge in [0.05, 0.1) is 0 Å². The maximum Gasteiger partial charge on any atom is 0.185 e. The van der Waals surface area contributed by atoms with E-state index in [2.05, 4.69) is 5.32 Å². The number of hydrogen-bond acceptors (Lipinski definition) is 3. The molecular weight excluding hydrogens is 226 g/mol. The van der Waals surface area contributed by atoms with Gasteiger partial charge in [0, 0.05) is 20.6 Å². The van der Waals surface area contributed by atoms with Crippen molar-refractivity contribution in [1.29, 1.82) is 0 Å². The Morgan fingerprint density at radius 3 is 2.71 bits per heavy atom. The molecule has 0 radical (unpaired) electrons. The first-order valence-corrected chi connectivity index (χ1v) is 5.62. The van der Waals surface area contributed by atoms with Gasteiger partial charge in [-0.15, -0.1) is 0 Å². The Balaban J connectivity index is 2.28. The lowest BCUT2D eigenvalue weighted by atomic mass is 10.2. The second kappa shape index (κ2) is 4.87. The molecule has 1 aromatic carbocycles. The van der Waals surface area contributed by atoms with E-state index in [0.29, 0.717) is 5.75 Å². The summed E-state index contributed by atoms with van der Waals surface area (Å²) >= 11 is 0. The molecule has 1 unspecified atom stereocenters. The van der Waals surface area contributed by atoms with Crippen LogP contribution in [0, 0.1) is 11.6 Å². The van der Waals surface area contributed by atoms with Gasteiger partial charge in [-0.25, -0.2) is 8.78 Å². The molecule has 1 fully saturated rings. The molecule has 1 aromatic rings. The fraction of sp³-hybridized carbons (Fsp3) is 0.500. The van der Waals surface area contributed by atoms with Gasteiger partial charge in [-0.05, 0) is 25.1 Å². The highest BCUT2D eigenvalue weighted by Crippen LogP contribution is 2.32. The predicted molar refractivity (Wildman–Crippen MR) is 62.6 cm³/mol. The molecule has 0 spiro atoms. The fourth-order valence-corrected chi connectivity index (χ4v) is 1.94. The van der Waals surface area contributed by atoms with E-state index in [4.69, 9.17) is 4.74 Å². The standard InChI is InChI=1S/C12H16F2N2O/c1-16(2)12-10(4-3-9(13)11(12)14)17-8-5-6-15-7-8/h3-4,8,15H,5-7H2,1-2H3. The number of anilines is 1. The van der Waals surface area contributed by atoms with Crippen LogP contribution in [0.15, 0.2) is 12.1 Å². The monoisotopic (exact) mass is 242 g/mol. The summed E-state index contributed by atoms with van der Waals surface area (Å²) in [6.07, 6.45) is 0.907. The largest absolute Gasteiger partial charge is 0.487 e. The summed E-state index contributed by atoms with van der Waals surface area (Å²) in [7, 11) is 3.33. The van der Waals surface area contributed by atoms with Gasteiger partial charge < -0.3 is 15.0 Å². The van der Waals surface area contributed by atoms with E-state index in [1.165, 1.54) is 11.0 Å². The minimum absolute atomic E-state index is 0.0264. The van der Waals surface area contributed by atoms with Crippen molar-refractivity contribution in [2.75, 3.05) is 32.1 Å². The Morgan fingerprint density at radius 2 is 2.12 bits per heavy atom. The Morgan fingerprint density at radius 1 is 1.35 bits per heavy atom. The van der Waals surface area contributed by atoms with Crippen molar-refractivity contribution >= 4 is 5.69 Å². The predicted octanol–water partition coefficient (Wildman–Crippen LogP) is 1.77. The summed E-state index contributed by atoms with van der Waals surface area (Å²) in [5.41, 5.74) is 0.164. The maximum atomic E-state index is 13.7. The number of nitrogens with zero attached hydrogens (tertiary/aromatic N) is 1. The van der Waals surface area contributed by atoms with Gasteiger partial charge in [0.25, 0.3) is 0 Å². The number of rotatable bonds is 3. The van der Waals surface area contributed by atoms with Gasteiger partial charge in [0.2, 0.25) is 0 Å². The van der Waals surface area contributed by atoms with Gasteiger partial charge in [-0.2, -0.15) is 0 Å². The van der Waals surface area contributed by atoms with Crippen molar-refractivity contribution in [3.8, 4) is 5.75 Å². The molecule has 0 aromatic heterocycles. The molecule has 3 nitrogen and oxygen atoms in total. The zero-order valence-electron chi connectivity index (χ0n) is 9.96. The van der Waals surface area contributed by atoms with Gasteiger partial charge in [0.15, 0.2) is 11.6 Å². The minimum atomic E-state index is -0.863. The zero-order chi connectivity index (χ0) is 12.4. The van der Waals surface area contributed by atoms with E-state index in [1.54, 1.807) is 14.1 Å². The molecule has 2 rings (SSSR count). The molecule has 1 aliphatic heterocycles. The van der Waals surface area contributed by atoms with Crippen molar-refractivity contribution in [1.82, 2.24) is 5.32 Å². The third-order valence-electron chi connectivity index (χ3n) is 2.79. The lowest BCUT2D eigenvalue weighted by molar-refractivity contribution is 0.222. The van der Waals surface area contributed by atoms with E-state index in [-0.39, 0.29) is 11.8 Å². The smallest absolute Gasteiger partial charge is 0.185 e. The molecule has 1 saturated heterocycles. The second-order valence-electron chi connectivity index (χ2n) is 4.34. The van der Waals surface area contributed by atoms with E-state index in [1.807, 2.05) is 0 Å². The van der Waals surface area contributed by atoms with Crippen LogP contribution in [0.25, 0.3) is 0 Å². The van der Waals surface area contributed by atoms with Crippen molar-refractivity contribution in [2.24, 2.45) is 0 Å². The second-order valence-corrected chi connectivity index (χ2v) is 4.34. The zero-order valence-corrected chi connectivity index (χ0v) is 9.96. The summed E-state index contributed by atoms with van der Waals surface area (Å²) in [5.74, 6) is -1.33. The van der Waals surface area contributed by atoms with Crippen molar-refractivity contribution in [3.05, 3.63) is 23.8 Å². The number of ether oxygens (including phenoxy) is 1. The van der Waals surface area contributed by atoms with Crippen LogP contribution in [0.5, 0.6) is 5.75 Å². The molecular formula is C12H16F2N2O. The van der Waals surface area contributed by atoms with Crippen molar-refractivity contribution in [2.45, 2.75) is 12.5 Å². The van der Waals surface area contributed by atoms with Crippen LogP contribution in [0.3, 0.4) is 0 Å². The highest BCUT2D eigenvalue weighted by atomic mass is 19.2. The van der Waals surface area contributed by atoms with E-state index in [9.17, 15) is 8.78 Å². The summed E-state index contributed by atoms with van der Waals surface area (Å²) < 4.78 is 32.5. The molecule has 17 heavy (non-hydrogen) atoms. The summed E-state index contributed by atoms with van der Waals surface area (Å²) in [6.45, 7) is 1.64. The Bertz CT molecular complexity index is 404. The van der Waals surface area contributed by atoms with Gasteiger partial charge in [0.1, 0.15) is 17.5 Å². The lowest BCUT2D eigenvalue weighted by Gasteiger charge is -2.21. The number of nitrogens with one attached hydrogen (secondary N) is 1. The van der Waals surface area contributed by atoms with Gasteiger partial charge >= 0.3 is 0 Å². The van der Waals surface area contributed by atoms with E-state index in [0.717, 1.165) is 25.6 Å². The SMILES string of the molecule is CN(C)c1c(OC2CCNC2)ccc(F)c1F. The third-order valence-corrected chi connectivity index (χ3v) is 2.79. The van der Waals surface area contributed by atoms with E-state index >= 15 is 0 Å². The average Bonchev–Trinajstić information content (AvgIpc) is 2.76. The van der Waals surface area contributed by atoms with Crippen LogP contribution >= 0.6 is 0 Å². The third kappa shape index (κ3) is 2.49. The molecule has 0 saturated carbocycles. The quantitative estimate of drug-likeness (QED) is 0.874. The summed E-state index contributed by atoms with van der Waals surface area (Å²) in [4.78, 5) is 1.52. The molecule has 5 heteroatoms. The number of halogens is 2. The average molecular weight is 242 g/mol. The van der Waals surface area contributed by atoms with Crippen LogP contribution in [0.2, 0.25) is 0 Å². The fourth-order valence-electron chi connectivity index (χ4n) is 1.94. The minimum Gasteiger partial charge on any atom is -0.487 e. The normalized spacial score (nSPS) is 19.4. The van der Waals surface area contributed by atoms with Crippen molar-refractivity contribution < 1.29 is 13.5 Å². The Labute approximate surface area is 99.4 Å². The molecule has 0 bridgehead atoms. The summed E-state index contributed by atoms with van der Waals surface area (Å²) in [6, 6.07) is 2.58. The first-order chi connectivity index (χ1) is 8.09. The molecule has 1 N–H and O–H groups in total. The van der Waals surface area contributed by atoms with Crippen LogP contribution in [-0.2, 0) is 0 Å². The molecule has 0 amide bonds. The first-order valence-electron chi connectivity index (χ1n) is 5.62. The van der Waals surface area contributed by atoms with Crippen LogP contribution in [0.1, 0.15) is 6.42 Å². The lowest BCUT2D eigenvalue weighted by Crippen LogP contribution is -2.22. The number of hydrogen-bond donors (Lipinski definition) is 1. The Kier molecular flexibility index (Phi) is 3.47. The molecule has 1 atom stereocenters. The van der Waals surface area contributed by atoms with Crippen LogP contribution < -0.4 is 15.0 Å². The highest BCUT2D eigenvalue weighted by molar-refractivity contribution is 5.59. The van der Waals surface area contributed by atoms with E-state index < -0.39 is 11.6 Å². The molecule has 1 aliphatic rings. The Hall–Kier alpha value is -1.36. The maximum absolute atomic E-state index is 13.7. The van der Waals surface area contributed by atoms with Gasteiger partial charge in [-0.3, -0.25) is 0 Å². The topological polar surface area (TPSA) is 24.5 Å². The molecule has 94 valence electrons. The highest BCUT2D eigenvalue weighted by Gasteiger charge is 2.21. The van der Waals surface area contributed by atoms with Crippen LogP contribution in [-0.4, -0.2) is 33.3 Å². The summed E-state index contributed by atoms with van der Waals surface area (Å²) in [5, 5.41) is 3.16. The van der Waals surface area contributed by atoms with Crippen LogP contribution in [0.4, 0.5) is 14.5 Å². The number of benzene rings is 1. The molecule has 1 heterocycles. The molecule has 0 aliphatic carbocycles. The first kappa shape index (κ1) is 12.1. The van der Waals surface area contributed by atoms with Gasteiger partial charge in [-0.1, -0.05) is 0 Å².